The van der Waals surface area contributed by atoms with Gasteiger partial charge < -0.3 is 19.6 Å². The molecule has 0 aliphatic carbocycles. The molecule has 12 heteroatoms. The molecule has 1 aliphatic rings. The van der Waals surface area contributed by atoms with E-state index in [-0.39, 0.29) is 35.9 Å². The predicted octanol–water partition coefficient (Wildman–Crippen LogP) is 3.22. The van der Waals surface area contributed by atoms with Crippen molar-refractivity contribution in [1.82, 2.24) is 14.9 Å². The summed E-state index contributed by atoms with van der Waals surface area (Å²) in [5, 5.41) is 13.5. The molecule has 8 nitrogen and oxygen atoms in total. The molecule has 34 heavy (non-hydrogen) atoms. The van der Waals surface area contributed by atoms with Crippen LogP contribution in [0.25, 0.3) is 11.3 Å². The lowest BCUT2D eigenvalue weighted by atomic mass is 10.1. The van der Waals surface area contributed by atoms with E-state index in [0.717, 1.165) is 6.07 Å². The van der Waals surface area contributed by atoms with Gasteiger partial charge in [-0.2, -0.15) is 13.2 Å². The molecule has 3 N–H and O–H groups in total. The molecule has 3 aromatic rings. The Bertz CT molecular complexity index is 1300. The quantitative estimate of drug-likeness (QED) is 0.480. The number of hydrogen-bond donors (Lipinski definition) is 3. The molecule has 0 bridgehead atoms. The largest absolute Gasteiger partial charge is 0.460 e. The number of alkyl halides is 3. The fraction of sp³-hybridized carbons (Fsp3) is 0.364. The molecular weight excluding hydrogens is 479 g/mol. The van der Waals surface area contributed by atoms with E-state index in [4.69, 9.17) is 20.8 Å². The summed E-state index contributed by atoms with van der Waals surface area (Å²) in [5.41, 5.74) is -1.81. The zero-order valence-electron chi connectivity index (χ0n) is 17.9. The third-order valence-corrected chi connectivity index (χ3v) is 5.75. The molecule has 0 saturated carbocycles. The minimum absolute atomic E-state index is 0.0247. The molecule has 3 heterocycles. The molecule has 1 fully saturated rings. The van der Waals surface area contributed by atoms with Gasteiger partial charge in [-0.3, -0.25) is 14.3 Å². The Labute approximate surface area is 195 Å². The number of furan rings is 1. The van der Waals surface area contributed by atoms with E-state index in [9.17, 15) is 27.9 Å². The summed E-state index contributed by atoms with van der Waals surface area (Å²) < 4.78 is 52.6. The summed E-state index contributed by atoms with van der Waals surface area (Å²) in [4.78, 5) is 25.8. The van der Waals surface area contributed by atoms with Gasteiger partial charge in [0.1, 0.15) is 17.7 Å². The maximum atomic E-state index is 13.3. The monoisotopic (exact) mass is 499 g/mol. The standard InChI is InChI=1S/C22H21ClF3N3O5/c1-11-10-29(21(32)28-20(11)31)19-7-16(30)18(34-19)9-27-8-13-3-5-17(33-13)14-6-12(23)2-4-15(14)22(24,25)26/h2-6,10,16,18-19,27,30H,7-9H2,1H3,(H,28,31,32)/t16-,18+,19+/m0/s1. The average Bonchev–Trinajstić information content (AvgIpc) is 3.37. The lowest BCUT2D eigenvalue weighted by molar-refractivity contribution is -0.137. The lowest BCUT2D eigenvalue weighted by Crippen LogP contribution is -2.35. The van der Waals surface area contributed by atoms with E-state index in [1.54, 1.807) is 13.0 Å². The Balaban J connectivity index is 1.39. The van der Waals surface area contributed by atoms with E-state index in [2.05, 4.69) is 10.3 Å². The van der Waals surface area contributed by atoms with Crippen LogP contribution in [0.5, 0.6) is 0 Å². The average molecular weight is 500 g/mol. The smallest absolute Gasteiger partial charge is 0.417 e. The van der Waals surface area contributed by atoms with Crippen LogP contribution in [-0.2, 0) is 17.5 Å². The molecule has 0 spiro atoms. The van der Waals surface area contributed by atoms with E-state index in [1.807, 2.05) is 0 Å². The zero-order valence-corrected chi connectivity index (χ0v) is 18.6. The van der Waals surface area contributed by atoms with Gasteiger partial charge in [0.25, 0.3) is 5.56 Å². The Kier molecular flexibility index (Phi) is 6.72. The van der Waals surface area contributed by atoms with Crippen LogP contribution in [0.2, 0.25) is 5.02 Å². The van der Waals surface area contributed by atoms with Crippen molar-refractivity contribution in [1.29, 1.82) is 0 Å². The Morgan fingerprint density at radius 2 is 2.03 bits per heavy atom. The van der Waals surface area contributed by atoms with Crippen LogP contribution in [0.3, 0.4) is 0 Å². The second kappa shape index (κ2) is 9.41. The van der Waals surface area contributed by atoms with E-state index in [0.29, 0.717) is 11.3 Å². The summed E-state index contributed by atoms with van der Waals surface area (Å²) >= 11 is 5.88. The summed E-state index contributed by atoms with van der Waals surface area (Å²) in [6.45, 7) is 1.91. The molecule has 0 unspecified atom stereocenters. The summed E-state index contributed by atoms with van der Waals surface area (Å²) in [7, 11) is 0. The number of H-pyrrole nitrogens is 1. The highest BCUT2D eigenvalue weighted by Gasteiger charge is 2.36. The number of hydrogen-bond acceptors (Lipinski definition) is 6. The molecular formula is C22H21ClF3N3O5. The number of aliphatic hydroxyl groups excluding tert-OH is 1. The minimum Gasteiger partial charge on any atom is -0.460 e. The van der Waals surface area contributed by atoms with Crippen LogP contribution in [0.15, 0.2) is 50.5 Å². The highest BCUT2D eigenvalue weighted by Crippen LogP contribution is 2.39. The van der Waals surface area contributed by atoms with Gasteiger partial charge in [0.2, 0.25) is 0 Å². The molecule has 0 radical (unpaired) electrons. The lowest BCUT2D eigenvalue weighted by Gasteiger charge is -2.16. The first-order chi connectivity index (χ1) is 16.0. The molecule has 1 aromatic carbocycles. The van der Waals surface area contributed by atoms with Crippen molar-refractivity contribution in [2.45, 2.75) is 44.5 Å². The summed E-state index contributed by atoms with van der Waals surface area (Å²) in [6, 6.07) is 6.24. The number of nitrogens with one attached hydrogen (secondary N) is 2. The highest BCUT2D eigenvalue weighted by molar-refractivity contribution is 6.30. The van der Waals surface area contributed by atoms with Gasteiger partial charge in [0.05, 0.1) is 24.3 Å². The van der Waals surface area contributed by atoms with Gasteiger partial charge >= 0.3 is 11.9 Å². The molecule has 182 valence electrons. The van der Waals surface area contributed by atoms with Gasteiger partial charge in [-0.05, 0) is 37.3 Å². The van der Waals surface area contributed by atoms with E-state index in [1.165, 1.54) is 29.0 Å². The van der Waals surface area contributed by atoms with Crippen molar-refractivity contribution in [3.05, 3.63) is 79.3 Å². The first-order valence-electron chi connectivity index (χ1n) is 10.3. The van der Waals surface area contributed by atoms with Crippen LogP contribution in [0, 0.1) is 6.92 Å². The van der Waals surface area contributed by atoms with E-state index < -0.39 is 41.4 Å². The zero-order chi connectivity index (χ0) is 24.6. The van der Waals surface area contributed by atoms with Gasteiger partial charge in [-0.1, -0.05) is 11.6 Å². The van der Waals surface area contributed by atoms with Crippen LogP contribution >= 0.6 is 11.6 Å². The maximum absolute atomic E-state index is 13.3. The highest BCUT2D eigenvalue weighted by atomic mass is 35.5. The van der Waals surface area contributed by atoms with Gasteiger partial charge in [0, 0.05) is 35.3 Å². The van der Waals surface area contributed by atoms with Crippen LogP contribution < -0.4 is 16.6 Å². The van der Waals surface area contributed by atoms with Crippen molar-refractivity contribution in [3.8, 4) is 11.3 Å². The van der Waals surface area contributed by atoms with Crippen molar-refractivity contribution in [2.75, 3.05) is 6.54 Å². The van der Waals surface area contributed by atoms with Crippen molar-refractivity contribution in [3.63, 3.8) is 0 Å². The predicted molar refractivity (Wildman–Crippen MR) is 116 cm³/mol. The van der Waals surface area contributed by atoms with Gasteiger partial charge in [0.15, 0.2) is 0 Å². The number of nitrogens with zero attached hydrogens (tertiary/aromatic N) is 1. The number of aromatic amines is 1. The molecule has 1 saturated heterocycles. The molecule has 0 amide bonds. The maximum Gasteiger partial charge on any atom is 0.417 e. The van der Waals surface area contributed by atoms with Gasteiger partial charge in [-0.25, -0.2) is 4.79 Å². The Hall–Kier alpha value is -2.86. The van der Waals surface area contributed by atoms with Gasteiger partial charge in [-0.15, -0.1) is 0 Å². The minimum atomic E-state index is -4.57. The number of aryl methyl sites for hydroxylation is 1. The first kappa shape index (κ1) is 24.3. The van der Waals surface area contributed by atoms with Crippen molar-refractivity contribution >= 4 is 11.6 Å². The number of rotatable bonds is 6. The Morgan fingerprint density at radius 1 is 1.26 bits per heavy atom. The number of benzene rings is 1. The molecule has 1 aliphatic heterocycles. The number of halogens is 4. The third-order valence-electron chi connectivity index (χ3n) is 5.52. The number of aliphatic hydroxyl groups is 1. The summed E-state index contributed by atoms with van der Waals surface area (Å²) in [6.07, 6.45) is -5.30. The Morgan fingerprint density at radius 3 is 2.76 bits per heavy atom. The molecule has 4 rings (SSSR count). The molecule has 2 aromatic heterocycles. The fourth-order valence-electron chi connectivity index (χ4n) is 3.79. The fourth-order valence-corrected chi connectivity index (χ4v) is 3.96. The van der Waals surface area contributed by atoms with E-state index >= 15 is 0 Å². The van der Waals surface area contributed by atoms with Crippen LogP contribution in [-0.4, -0.2) is 33.4 Å². The third kappa shape index (κ3) is 5.12. The second-order valence-electron chi connectivity index (χ2n) is 8.00. The van der Waals surface area contributed by atoms with Crippen molar-refractivity contribution in [2.24, 2.45) is 0 Å². The number of aromatic nitrogens is 2. The van der Waals surface area contributed by atoms with Crippen LogP contribution in [0.4, 0.5) is 13.2 Å². The molecule has 3 atom stereocenters. The topological polar surface area (TPSA) is 109 Å². The second-order valence-corrected chi connectivity index (χ2v) is 8.43. The normalized spacial score (nSPS) is 20.7. The first-order valence-corrected chi connectivity index (χ1v) is 10.7. The van der Waals surface area contributed by atoms with Crippen molar-refractivity contribution < 1.29 is 27.4 Å². The van der Waals surface area contributed by atoms with Crippen LogP contribution in [0.1, 0.15) is 29.5 Å². The SMILES string of the molecule is Cc1cn([C@H]2C[C@H](O)[C@@H](CNCc3ccc(-c4cc(Cl)ccc4C(F)(F)F)o3)O2)c(=O)[nH]c1=O. The summed E-state index contributed by atoms with van der Waals surface area (Å²) in [5.74, 6) is 0.399. The number of ether oxygens (including phenoxy) is 1.